The summed E-state index contributed by atoms with van der Waals surface area (Å²) in [6, 6.07) is 1.62. The number of H-pyrrole nitrogens is 1. The molecular weight excluding hydrogens is 228 g/mol. The molecule has 1 aliphatic carbocycles. The van der Waals surface area contributed by atoms with E-state index in [9.17, 15) is 4.79 Å². The third-order valence-corrected chi connectivity index (χ3v) is 3.90. The van der Waals surface area contributed by atoms with Crippen molar-refractivity contribution in [1.29, 1.82) is 0 Å². The maximum atomic E-state index is 11.7. The molecule has 2 fully saturated rings. The summed E-state index contributed by atoms with van der Waals surface area (Å²) in [6.45, 7) is 2.72. The second kappa shape index (κ2) is 4.72. The second-order valence-corrected chi connectivity index (χ2v) is 5.44. The van der Waals surface area contributed by atoms with Crippen LogP contribution in [0.5, 0.6) is 0 Å². The molecule has 2 aliphatic rings. The number of nitrogens with one attached hydrogen (secondary N) is 1. The quantitative estimate of drug-likeness (QED) is 0.827. The molecule has 18 heavy (non-hydrogen) atoms. The van der Waals surface area contributed by atoms with Gasteiger partial charge in [-0.05, 0) is 38.1 Å². The number of nitrogens with zero attached hydrogens (tertiary/aromatic N) is 2. The van der Waals surface area contributed by atoms with Gasteiger partial charge in [-0.1, -0.05) is 0 Å². The summed E-state index contributed by atoms with van der Waals surface area (Å²) < 4.78 is 0. The van der Waals surface area contributed by atoms with Gasteiger partial charge in [-0.2, -0.15) is 0 Å². The van der Waals surface area contributed by atoms with E-state index in [1.807, 2.05) is 0 Å². The maximum Gasteiger partial charge on any atom is 0.252 e. The minimum absolute atomic E-state index is 0.0239. The predicted octanol–water partition coefficient (Wildman–Crippen LogP) is 0.822. The number of rotatable bonds is 4. The largest absolute Gasteiger partial charge is 0.356 e. The SMILES string of the molecule is NCCC1CCN(c2cc(=O)[nH]c(C3CC3)n2)C1. The van der Waals surface area contributed by atoms with E-state index in [0.29, 0.717) is 11.8 Å². The van der Waals surface area contributed by atoms with E-state index in [1.165, 1.54) is 0 Å². The van der Waals surface area contributed by atoms with Crippen LogP contribution >= 0.6 is 0 Å². The first-order valence-corrected chi connectivity index (χ1v) is 6.82. The average Bonchev–Trinajstić information content (AvgIpc) is 3.10. The number of nitrogens with two attached hydrogens (primary N) is 1. The standard InChI is InChI=1S/C13H20N4O/c14-5-3-9-4-6-17(8-9)11-7-12(18)16-13(15-11)10-1-2-10/h7,9-10H,1-6,8,14H2,(H,15,16,18). The Morgan fingerprint density at radius 2 is 2.28 bits per heavy atom. The van der Waals surface area contributed by atoms with Gasteiger partial charge in [-0.3, -0.25) is 4.79 Å². The lowest BCUT2D eigenvalue weighted by Crippen LogP contribution is -2.24. The molecule has 0 amide bonds. The first-order valence-electron chi connectivity index (χ1n) is 6.82. The van der Waals surface area contributed by atoms with Crippen molar-refractivity contribution in [3.05, 3.63) is 22.2 Å². The molecule has 1 aromatic heterocycles. The Morgan fingerprint density at radius 1 is 1.44 bits per heavy atom. The van der Waals surface area contributed by atoms with Gasteiger partial charge in [0.05, 0.1) is 0 Å². The summed E-state index contributed by atoms with van der Waals surface area (Å²) in [4.78, 5) is 21.4. The second-order valence-electron chi connectivity index (χ2n) is 5.44. The van der Waals surface area contributed by atoms with Gasteiger partial charge in [-0.25, -0.2) is 4.98 Å². The number of anilines is 1. The highest BCUT2D eigenvalue weighted by Crippen LogP contribution is 2.38. The fourth-order valence-corrected chi connectivity index (χ4v) is 2.69. The van der Waals surface area contributed by atoms with Gasteiger partial charge in [0.2, 0.25) is 0 Å². The third-order valence-electron chi connectivity index (χ3n) is 3.90. The molecule has 1 aromatic rings. The van der Waals surface area contributed by atoms with Crippen molar-refractivity contribution in [1.82, 2.24) is 9.97 Å². The highest BCUT2D eigenvalue weighted by atomic mass is 16.1. The van der Waals surface area contributed by atoms with E-state index < -0.39 is 0 Å². The summed E-state index contributed by atoms with van der Waals surface area (Å²) in [5.74, 6) is 2.86. The smallest absolute Gasteiger partial charge is 0.252 e. The van der Waals surface area contributed by atoms with Gasteiger partial charge in [0.15, 0.2) is 0 Å². The molecule has 1 aliphatic heterocycles. The van der Waals surface area contributed by atoms with Crippen molar-refractivity contribution in [3.8, 4) is 0 Å². The van der Waals surface area contributed by atoms with Crippen LogP contribution in [0.1, 0.15) is 37.4 Å². The van der Waals surface area contributed by atoms with E-state index in [2.05, 4.69) is 14.9 Å². The normalized spacial score (nSPS) is 23.6. The van der Waals surface area contributed by atoms with Gasteiger partial charge in [0.25, 0.3) is 5.56 Å². The predicted molar refractivity (Wildman–Crippen MR) is 70.8 cm³/mol. The molecule has 5 nitrogen and oxygen atoms in total. The summed E-state index contributed by atoms with van der Waals surface area (Å²) >= 11 is 0. The lowest BCUT2D eigenvalue weighted by Gasteiger charge is -2.17. The van der Waals surface area contributed by atoms with E-state index in [-0.39, 0.29) is 5.56 Å². The number of hydrogen-bond acceptors (Lipinski definition) is 4. The van der Waals surface area contributed by atoms with Crippen molar-refractivity contribution in [2.45, 2.75) is 31.6 Å². The van der Waals surface area contributed by atoms with Gasteiger partial charge >= 0.3 is 0 Å². The number of hydrogen-bond donors (Lipinski definition) is 2. The molecule has 3 rings (SSSR count). The van der Waals surface area contributed by atoms with Gasteiger partial charge in [0, 0.05) is 25.1 Å². The van der Waals surface area contributed by atoms with Crippen LogP contribution in [0.2, 0.25) is 0 Å². The lowest BCUT2D eigenvalue weighted by molar-refractivity contribution is 0.546. The zero-order valence-electron chi connectivity index (χ0n) is 10.6. The van der Waals surface area contributed by atoms with Crippen molar-refractivity contribution in [2.75, 3.05) is 24.5 Å². The van der Waals surface area contributed by atoms with E-state index >= 15 is 0 Å². The molecule has 0 bridgehead atoms. The number of aromatic nitrogens is 2. The van der Waals surface area contributed by atoms with Crippen LogP contribution in [-0.4, -0.2) is 29.6 Å². The molecular formula is C13H20N4O. The molecule has 1 saturated heterocycles. The van der Waals surface area contributed by atoms with E-state index in [1.54, 1.807) is 6.07 Å². The minimum atomic E-state index is -0.0239. The molecule has 0 aromatic carbocycles. The Balaban J connectivity index is 1.77. The highest BCUT2D eigenvalue weighted by Gasteiger charge is 2.28. The monoisotopic (exact) mass is 248 g/mol. The first-order chi connectivity index (χ1) is 8.76. The first kappa shape index (κ1) is 11.7. The molecule has 5 heteroatoms. The van der Waals surface area contributed by atoms with Crippen LogP contribution in [0.3, 0.4) is 0 Å². The van der Waals surface area contributed by atoms with Crippen LogP contribution in [-0.2, 0) is 0 Å². The van der Waals surface area contributed by atoms with Gasteiger partial charge in [0.1, 0.15) is 11.6 Å². The summed E-state index contributed by atoms with van der Waals surface area (Å²) in [6.07, 6.45) is 4.53. The number of aromatic amines is 1. The molecule has 1 saturated carbocycles. The van der Waals surface area contributed by atoms with Crippen LogP contribution < -0.4 is 16.2 Å². The zero-order chi connectivity index (χ0) is 12.5. The summed E-state index contributed by atoms with van der Waals surface area (Å²) in [5.41, 5.74) is 5.58. The minimum Gasteiger partial charge on any atom is -0.356 e. The molecule has 1 atom stereocenters. The highest BCUT2D eigenvalue weighted by molar-refractivity contribution is 5.39. The Bertz CT molecular complexity index is 480. The summed E-state index contributed by atoms with van der Waals surface area (Å²) in [5, 5.41) is 0. The molecule has 98 valence electrons. The van der Waals surface area contributed by atoms with Gasteiger partial charge in [-0.15, -0.1) is 0 Å². The molecule has 3 N–H and O–H groups in total. The van der Waals surface area contributed by atoms with E-state index in [4.69, 9.17) is 5.73 Å². The van der Waals surface area contributed by atoms with Crippen LogP contribution in [0.15, 0.2) is 10.9 Å². The summed E-state index contributed by atoms with van der Waals surface area (Å²) in [7, 11) is 0. The Hall–Kier alpha value is -1.36. The third kappa shape index (κ3) is 2.41. The fraction of sp³-hybridized carbons (Fsp3) is 0.692. The molecule has 0 spiro atoms. The van der Waals surface area contributed by atoms with Crippen LogP contribution in [0.25, 0.3) is 0 Å². The Labute approximate surface area is 106 Å². The maximum absolute atomic E-state index is 11.7. The fourth-order valence-electron chi connectivity index (χ4n) is 2.69. The average molecular weight is 248 g/mol. The van der Waals surface area contributed by atoms with Crippen molar-refractivity contribution in [2.24, 2.45) is 11.7 Å². The van der Waals surface area contributed by atoms with Gasteiger partial charge < -0.3 is 15.6 Å². The zero-order valence-corrected chi connectivity index (χ0v) is 10.6. The van der Waals surface area contributed by atoms with Crippen LogP contribution in [0, 0.1) is 5.92 Å². The van der Waals surface area contributed by atoms with E-state index in [0.717, 1.165) is 57.0 Å². The van der Waals surface area contributed by atoms with Crippen molar-refractivity contribution < 1.29 is 0 Å². The van der Waals surface area contributed by atoms with Crippen LogP contribution in [0.4, 0.5) is 5.82 Å². The molecule has 1 unspecified atom stereocenters. The Kier molecular flexibility index (Phi) is 3.07. The van der Waals surface area contributed by atoms with Crippen molar-refractivity contribution in [3.63, 3.8) is 0 Å². The Morgan fingerprint density at radius 3 is 3.00 bits per heavy atom. The lowest BCUT2D eigenvalue weighted by atomic mass is 10.1. The topological polar surface area (TPSA) is 75.0 Å². The molecule has 2 heterocycles. The molecule has 0 radical (unpaired) electrons. The van der Waals surface area contributed by atoms with Crippen molar-refractivity contribution >= 4 is 5.82 Å².